The quantitative estimate of drug-likeness (QED) is 0.661. The lowest BCUT2D eigenvalue weighted by atomic mass is 10.3. The summed E-state index contributed by atoms with van der Waals surface area (Å²) in [5.41, 5.74) is 0. The average Bonchev–Trinajstić information content (AvgIpc) is 2.19. The van der Waals surface area contributed by atoms with Crippen molar-refractivity contribution in [3.8, 4) is 11.5 Å². The summed E-state index contributed by atoms with van der Waals surface area (Å²) in [5, 5.41) is 0. The highest BCUT2D eigenvalue weighted by Crippen LogP contribution is 2.17. The fourth-order valence-corrected chi connectivity index (χ4v) is 0.897. The molecule has 0 N–H and O–H groups in total. The van der Waals surface area contributed by atoms with Gasteiger partial charge in [0.05, 0.1) is 7.11 Å². The third-order valence-corrected chi connectivity index (χ3v) is 1.57. The molecule has 0 unspecified atom stereocenters. The molecule has 0 spiro atoms. The third-order valence-electron chi connectivity index (χ3n) is 1.57. The first-order valence-corrected chi connectivity index (χ1v) is 4.02. The van der Waals surface area contributed by atoms with E-state index >= 15 is 0 Å². The molecule has 0 fully saturated rings. The molecular formula is C10H12O3. The summed E-state index contributed by atoms with van der Waals surface area (Å²) in [4.78, 5) is 10.3. The molecule has 0 aliphatic heterocycles. The van der Waals surface area contributed by atoms with Crippen LogP contribution in [-0.2, 0) is 4.79 Å². The van der Waals surface area contributed by atoms with Gasteiger partial charge in [-0.15, -0.1) is 0 Å². The monoisotopic (exact) mass is 180 g/mol. The molecule has 3 nitrogen and oxygen atoms in total. The lowest BCUT2D eigenvalue weighted by Gasteiger charge is -2.08. The molecule has 70 valence electrons. The van der Waals surface area contributed by atoms with Crippen LogP contribution in [0.2, 0.25) is 0 Å². The molecule has 0 heterocycles. The summed E-state index contributed by atoms with van der Waals surface area (Å²) in [6.45, 7) is 1.69. The molecule has 0 bridgehead atoms. The number of aldehydes is 1. The zero-order valence-electron chi connectivity index (χ0n) is 7.69. The number of carbonyl (C=O) groups is 1. The van der Waals surface area contributed by atoms with Crippen molar-refractivity contribution in [2.75, 3.05) is 7.11 Å². The van der Waals surface area contributed by atoms with Crippen LogP contribution in [0, 0.1) is 0 Å². The zero-order valence-corrected chi connectivity index (χ0v) is 7.69. The van der Waals surface area contributed by atoms with Crippen molar-refractivity contribution < 1.29 is 14.3 Å². The Morgan fingerprint density at radius 2 is 1.77 bits per heavy atom. The second-order valence-corrected chi connectivity index (χ2v) is 2.63. The SMILES string of the molecule is COc1ccc(O[C@H](C)C=O)cc1. The number of hydrogen-bond acceptors (Lipinski definition) is 3. The molecule has 0 aromatic heterocycles. The molecule has 1 rings (SSSR count). The van der Waals surface area contributed by atoms with Crippen molar-refractivity contribution in [1.82, 2.24) is 0 Å². The maximum atomic E-state index is 10.3. The second kappa shape index (κ2) is 4.50. The minimum absolute atomic E-state index is 0.409. The van der Waals surface area contributed by atoms with Crippen LogP contribution in [0.4, 0.5) is 0 Å². The molecular weight excluding hydrogens is 168 g/mol. The van der Waals surface area contributed by atoms with Gasteiger partial charge in [-0.2, -0.15) is 0 Å². The van der Waals surface area contributed by atoms with E-state index in [4.69, 9.17) is 9.47 Å². The molecule has 3 heteroatoms. The number of carbonyl (C=O) groups excluding carboxylic acids is 1. The Morgan fingerprint density at radius 1 is 1.23 bits per heavy atom. The summed E-state index contributed by atoms with van der Waals surface area (Å²) < 4.78 is 10.2. The Labute approximate surface area is 77.3 Å². The fourth-order valence-electron chi connectivity index (χ4n) is 0.897. The summed E-state index contributed by atoms with van der Waals surface area (Å²) in [6, 6.07) is 7.09. The average molecular weight is 180 g/mol. The van der Waals surface area contributed by atoms with E-state index in [1.807, 2.05) is 0 Å². The van der Waals surface area contributed by atoms with Crippen molar-refractivity contribution >= 4 is 6.29 Å². The Kier molecular flexibility index (Phi) is 3.31. The van der Waals surface area contributed by atoms with Gasteiger partial charge < -0.3 is 9.47 Å². The summed E-state index contributed by atoms with van der Waals surface area (Å²) in [5.74, 6) is 1.44. The molecule has 0 aliphatic carbocycles. The number of methoxy groups -OCH3 is 1. The van der Waals surface area contributed by atoms with Crippen molar-refractivity contribution in [2.24, 2.45) is 0 Å². The van der Waals surface area contributed by atoms with Gasteiger partial charge in [-0.1, -0.05) is 0 Å². The third kappa shape index (κ3) is 2.78. The maximum absolute atomic E-state index is 10.3. The van der Waals surface area contributed by atoms with Crippen molar-refractivity contribution in [3.63, 3.8) is 0 Å². The van der Waals surface area contributed by atoms with Gasteiger partial charge in [0.25, 0.3) is 0 Å². The topological polar surface area (TPSA) is 35.5 Å². The first-order valence-electron chi connectivity index (χ1n) is 4.02. The predicted molar refractivity (Wildman–Crippen MR) is 49.1 cm³/mol. The van der Waals surface area contributed by atoms with Crippen LogP contribution in [0.5, 0.6) is 11.5 Å². The Bertz CT molecular complexity index is 266. The van der Waals surface area contributed by atoms with E-state index in [1.165, 1.54) is 0 Å². The van der Waals surface area contributed by atoms with Gasteiger partial charge in [-0.05, 0) is 31.2 Å². The fraction of sp³-hybridized carbons (Fsp3) is 0.300. The van der Waals surface area contributed by atoms with Crippen LogP contribution in [0.25, 0.3) is 0 Å². The first kappa shape index (κ1) is 9.58. The van der Waals surface area contributed by atoms with Crippen LogP contribution >= 0.6 is 0 Å². The van der Waals surface area contributed by atoms with E-state index in [0.29, 0.717) is 5.75 Å². The van der Waals surface area contributed by atoms with Gasteiger partial charge in [0.15, 0.2) is 12.4 Å². The molecule has 13 heavy (non-hydrogen) atoms. The number of rotatable bonds is 4. The largest absolute Gasteiger partial charge is 0.497 e. The van der Waals surface area contributed by atoms with E-state index in [2.05, 4.69) is 0 Å². The number of ether oxygens (including phenoxy) is 2. The molecule has 1 aromatic carbocycles. The maximum Gasteiger partial charge on any atom is 0.160 e. The van der Waals surface area contributed by atoms with E-state index < -0.39 is 6.10 Å². The molecule has 0 saturated heterocycles. The number of hydrogen-bond donors (Lipinski definition) is 0. The number of benzene rings is 1. The van der Waals surface area contributed by atoms with E-state index in [-0.39, 0.29) is 0 Å². The normalized spacial score (nSPS) is 11.8. The van der Waals surface area contributed by atoms with Gasteiger partial charge in [-0.3, -0.25) is 4.79 Å². The Morgan fingerprint density at radius 3 is 2.23 bits per heavy atom. The van der Waals surface area contributed by atoms with E-state index in [1.54, 1.807) is 38.3 Å². The van der Waals surface area contributed by atoms with Crippen LogP contribution in [0.1, 0.15) is 6.92 Å². The predicted octanol–water partition coefficient (Wildman–Crippen LogP) is 1.66. The molecule has 0 amide bonds. The highest BCUT2D eigenvalue weighted by Gasteiger charge is 2.00. The highest BCUT2D eigenvalue weighted by atomic mass is 16.5. The Balaban J connectivity index is 2.63. The van der Waals surface area contributed by atoms with Gasteiger partial charge in [0, 0.05) is 0 Å². The standard InChI is InChI=1S/C10H12O3/c1-8(7-11)13-10-5-3-9(12-2)4-6-10/h3-8H,1-2H3/t8-/m1/s1. The Hall–Kier alpha value is -1.51. The lowest BCUT2D eigenvalue weighted by Crippen LogP contribution is -2.12. The van der Waals surface area contributed by atoms with Gasteiger partial charge >= 0.3 is 0 Å². The van der Waals surface area contributed by atoms with Crippen molar-refractivity contribution in [1.29, 1.82) is 0 Å². The van der Waals surface area contributed by atoms with Crippen molar-refractivity contribution in [2.45, 2.75) is 13.0 Å². The molecule has 0 aliphatic rings. The van der Waals surface area contributed by atoms with Crippen LogP contribution in [-0.4, -0.2) is 19.5 Å². The van der Waals surface area contributed by atoms with E-state index in [0.717, 1.165) is 12.0 Å². The summed E-state index contributed by atoms with van der Waals surface area (Å²) >= 11 is 0. The first-order chi connectivity index (χ1) is 6.26. The zero-order chi connectivity index (χ0) is 9.68. The summed E-state index contributed by atoms with van der Waals surface area (Å²) in [7, 11) is 1.60. The van der Waals surface area contributed by atoms with Crippen LogP contribution in [0.15, 0.2) is 24.3 Å². The van der Waals surface area contributed by atoms with Gasteiger partial charge in [0.2, 0.25) is 0 Å². The smallest absolute Gasteiger partial charge is 0.160 e. The van der Waals surface area contributed by atoms with Crippen LogP contribution < -0.4 is 9.47 Å². The van der Waals surface area contributed by atoms with Gasteiger partial charge in [-0.25, -0.2) is 0 Å². The van der Waals surface area contributed by atoms with Crippen LogP contribution in [0.3, 0.4) is 0 Å². The van der Waals surface area contributed by atoms with Gasteiger partial charge in [0.1, 0.15) is 11.5 Å². The molecule has 0 radical (unpaired) electrons. The second-order valence-electron chi connectivity index (χ2n) is 2.63. The molecule has 0 saturated carbocycles. The molecule has 1 aromatic rings. The lowest BCUT2D eigenvalue weighted by molar-refractivity contribution is -0.113. The minimum atomic E-state index is -0.409. The highest BCUT2D eigenvalue weighted by molar-refractivity contribution is 5.56. The summed E-state index contributed by atoms with van der Waals surface area (Å²) in [6.07, 6.45) is 0.345. The minimum Gasteiger partial charge on any atom is -0.497 e. The molecule has 1 atom stereocenters. The van der Waals surface area contributed by atoms with E-state index in [9.17, 15) is 4.79 Å². The van der Waals surface area contributed by atoms with Crippen molar-refractivity contribution in [3.05, 3.63) is 24.3 Å².